The van der Waals surface area contributed by atoms with E-state index in [4.69, 9.17) is 20.8 Å². The maximum absolute atomic E-state index is 9.10. The van der Waals surface area contributed by atoms with Crippen LogP contribution < -0.4 is 5.73 Å². The topological polar surface area (TPSA) is 91.3 Å². The lowest BCUT2D eigenvalue weighted by Gasteiger charge is -2.39. The van der Waals surface area contributed by atoms with Gasteiger partial charge in [0.15, 0.2) is 0 Å². The standard InChI is InChI=1S/C10H21N3O3/c1-7(3-10(11)12-15)13-4-8(2)16-9(5-13)6-14/h7-9,14-15H,3-6H2,1-2H3,(H2,11,12). The van der Waals surface area contributed by atoms with Gasteiger partial charge in [-0.25, -0.2) is 0 Å². The van der Waals surface area contributed by atoms with E-state index in [2.05, 4.69) is 10.1 Å². The number of nitrogens with two attached hydrogens (primary N) is 1. The summed E-state index contributed by atoms with van der Waals surface area (Å²) in [6.45, 7) is 5.50. The van der Waals surface area contributed by atoms with E-state index < -0.39 is 0 Å². The number of nitrogens with zero attached hydrogens (tertiary/aromatic N) is 2. The van der Waals surface area contributed by atoms with Crippen molar-refractivity contribution < 1.29 is 15.1 Å². The molecule has 1 rings (SSSR count). The number of aliphatic hydroxyl groups is 1. The van der Waals surface area contributed by atoms with Crippen LogP contribution >= 0.6 is 0 Å². The summed E-state index contributed by atoms with van der Waals surface area (Å²) in [7, 11) is 0. The second kappa shape index (κ2) is 6.03. The van der Waals surface area contributed by atoms with Crippen LogP contribution in [0.5, 0.6) is 0 Å². The van der Waals surface area contributed by atoms with Gasteiger partial charge in [0.05, 0.1) is 18.8 Å². The lowest BCUT2D eigenvalue weighted by atomic mass is 10.1. The average Bonchev–Trinajstić information content (AvgIpc) is 2.27. The van der Waals surface area contributed by atoms with Gasteiger partial charge >= 0.3 is 0 Å². The molecule has 0 amide bonds. The normalized spacial score (nSPS) is 30.3. The van der Waals surface area contributed by atoms with Gasteiger partial charge in [-0.2, -0.15) is 0 Å². The van der Waals surface area contributed by atoms with Gasteiger partial charge in [0.1, 0.15) is 5.84 Å². The minimum Gasteiger partial charge on any atom is -0.409 e. The largest absolute Gasteiger partial charge is 0.409 e. The molecule has 0 aromatic rings. The molecule has 0 saturated carbocycles. The van der Waals surface area contributed by atoms with Crippen molar-refractivity contribution in [2.45, 2.75) is 38.5 Å². The van der Waals surface area contributed by atoms with Crippen LogP contribution in [-0.2, 0) is 4.74 Å². The Bertz CT molecular complexity index is 247. The van der Waals surface area contributed by atoms with Crippen LogP contribution in [0.25, 0.3) is 0 Å². The smallest absolute Gasteiger partial charge is 0.140 e. The summed E-state index contributed by atoms with van der Waals surface area (Å²) in [6, 6.07) is 0.177. The highest BCUT2D eigenvalue weighted by Crippen LogP contribution is 2.15. The molecule has 1 heterocycles. The van der Waals surface area contributed by atoms with E-state index in [1.54, 1.807) is 0 Å². The van der Waals surface area contributed by atoms with E-state index in [0.717, 1.165) is 6.54 Å². The van der Waals surface area contributed by atoms with Crippen LogP contribution in [0.15, 0.2) is 5.16 Å². The fourth-order valence-electron chi connectivity index (χ4n) is 2.01. The number of amidine groups is 1. The minimum atomic E-state index is -0.140. The number of hydrogen-bond donors (Lipinski definition) is 3. The van der Waals surface area contributed by atoms with Gasteiger partial charge < -0.3 is 20.8 Å². The third-order valence-corrected chi connectivity index (χ3v) is 2.81. The predicted molar refractivity (Wildman–Crippen MR) is 60.5 cm³/mol. The van der Waals surface area contributed by atoms with Crippen molar-refractivity contribution in [3.8, 4) is 0 Å². The van der Waals surface area contributed by atoms with Crippen LogP contribution in [0, 0.1) is 0 Å². The van der Waals surface area contributed by atoms with Crippen molar-refractivity contribution in [3.05, 3.63) is 0 Å². The SMILES string of the molecule is CC1CN(C(C)CC(N)=NO)CC(CO)O1. The molecule has 0 aromatic carbocycles. The first-order valence-electron chi connectivity index (χ1n) is 5.53. The van der Waals surface area contributed by atoms with Crippen LogP contribution in [0.2, 0.25) is 0 Å². The lowest BCUT2D eigenvalue weighted by Crippen LogP contribution is -2.51. The Kier molecular flexibility index (Phi) is 4.98. The molecule has 6 heteroatoms. The summed E-state index contributed by atoms with van der Waals surface area (Å²) in [4.78, 5) is 2.19. The first kappa shape index (κ1) is 13.2. The Labute approximate surface area is 95.7 Å². The van der Waals surface area contributed by atoms with Crippen molar-refractivity contribution in [2.24, 2.45) is 10.9 Å². The third kappa shape index (κ3) is 3.62. The molecule has 1 aliphatic rings. The molecule has 1 saturated heterocycles. The zero-order valence-electron chi connectivity index (χ0n) is 9.83. The molecule has 16 heavy (non-hydrogen) atoms. The molecule has 0 spiro atoms. The highest BCUT2D eigenvalue weighted by Gasteiger charge is 2.27. The summed E-state index contributed by atoms with van der Waals surface area (Å²) in [5, 5.41) is 20.6. The van der Waals surface area contributed by atoms with Crippen LogP contribution in [0.1, 0.15) is 20.3 Å². The van der Waals surface area contributed by atoms with Gasteiger partial charge in [-0.05, 0) is 13.8 Å². The molecular weight excluding hydrogens is 210 g/mol. The highest BCUT2D eigenvalue weighted by molar-refractivity contribution is 5.80. The molecule has 94 valence electrons. The summed E-state index contributed by atoms with van der Waals surface area (Å²) in [5.41, 5.74) is 5.48. The van der Waals surface area contributed by atoms with Crippen molar-refractivity contribution in [2.75, 3.05) is 19.7 Å². The molecule has 0 aliphatic carbocycles. The molecule has 4 N–H and O–H groups in total. The molecule has 0 aromatic heterocycles. The summed E-state index contributed by atoms with van der Waals surface area (Å²) < 4.78 is 5.54. The van der Waals surface area contributed by atoms with Crippen LogP contribution in [0.3, 0.4) is 0 Å². The van der Waals surface area contributed by atoms with Crippen molar-refractivity contribution in [3.63, 3.8) is 0 Å². The molecule has 1 aliphatic heterocycles. The maximum Gasteiger partial charge on any atom is 0.140 e. The first-order valence-corrected chi connectivity index (χ1v) is 5.53. The summed E-state index contributed by atoms with van der Waals surface area (Å²) >= 11 is 0. The molecule has 1 fully saturated rings. The number of oxime groups is 1. The van der Waals surface area contributed by atoms with Crippen LogP contribution in [0.4, 0.5) is 0 Å². The Morgan fingerprint density at radius 2 is 2.31 bits per heavy atom. The van der Waals surface area contributed by atoms with E-state index in [-0.39, 0.29) is 30.7 Å². The Balaban J connectivity index is 2.51. The Morgan fingerprint density at radius 3 is 2.88 bits per heavy atom. The summed E-state index contributed by atoms with van der Waals surface area (Å²) in [6.07, 6.45) is 0.473. The minimum absolute atomic E-state index is 0.0249. The van der Waals surface area contributed by atoms with Crippen molar-refractivity contribution in [1.29, 1.82) is 0 Å². The zero-order chi connectivity index (χ0) is 12.1. The molecule has 0 radical (unpaired) electrons. The third-order valence-electron chi connectivity index (χ3n) is 2.81. The number of aliphatic hydroxyl groups excluding tert-OH is 1. The van der Waals surface area contributed by atoms with Crippen molar-refractivity contribution in [1.82, 2.24) is 4.90 Å². The van der Waals surface area contributed by atoms with E-state index >= 15 is 0 Å². The number of hydrogen-bond acceptors (Lipinski definition) is 5. The van der Waals surface area contributed by atoms with Gasteiger partial charge in [-0.15, -0.1) is 0 Å². The van der Waals surface area contributed by atoms with Gasteiger partial charge in [-0.3, -0.25) is 4.90 Å². The second-order valence-corrected chi connectivity index (χ2v) is 4.35. The molecular formula is C10H21N3O3. The average molecular weight is 231 g/mol. The summed E-state index contributed by atoms with van der Waals surface area (Å²) in [5.74, 6) is 0.229. The number of rotatable bonds is 4. The molecule has 6 nitrogen and oxygen atoms in total. The van der Waals surface area contributed by atoms with Gasteiger partial charge in [-0.1, -0.05) is 5.16 Å². The maximum atomic E-state index is 9.10. The van der Waals surface area contributed by atoms with E-state index in [1.165, 1.54) is 0 Å². The van der Waals surface area contributed by atoms with Gasteiger partial charge in [0.2, 0.25) is 0 Å². The Morgan fingerprint density at radius 1 is 1.62 bits per heavy atom. The second-order valence-electron chi connectivity index (χ2n) is 4.35. The van der Waals surface area contributed by atoms with Gasteiger partial charge in [0.25, 0.3) is 0 Å². The predicted octanol–water partition coefficient (Wildman–Crippen LogP) is -0.407. The molecule has 3 atom stereocenters. The van der Waals surface area contributed by atoms with E-state index in [9.17, 15) is 0 Å². The molecule has 0 bridgehead atoms. The fraction of sp³-hybridized carbons (Fsp3) is 0.900. The van der Waals surface area contributed by atoms with E-state index in [1.807, 2.05) is 13.8 Å². The monoisotopic (exact) mass is 231 g/mol. The lowest BCUT2D eigenvalue weighted by molar-refractivity contribution is -0.103. The zero-order valence-corrected chi connectivity index (χ0v) is 9.83. The Hall–Kier alpha value is -0.850. The van der Waals surface area contributed by atoms with Crippen molar-refractivity contribution >= 4 is 5.84 Å². The highest BCUT2D eigenvalue weighted by atomic mass is 16.5. The molecule has 3 unspecified atom stereocenters. The van der Waals surface area contributed by atoms with Gasteiger partial charge in [0, 0.05) is 25.6 Å². The number of morpholine rings is 1. The number of ether oxygens (including phenoxy) is 1. The van der Waals surface area contributed by atoms with E-state index in [0.29, 0.717) is 13.0 Å². The van der Waals surface area contributed by atoms with Crippen LogP contribution in [-0.4, -0.2) is 59.0 Å². The quantitative estimate of drug-likeness (QED) is 0.265. The first-order chi connectivity index (χ1) is 7.56. The fourth-order valence-corrected chi connectivity index (χ4v) is 2.01.